The van der Waals surface area contributed by atoms with Crippen LogP contribution < -0.4 is 0 Å². The Morgan fingerprint density at radius 3 is 2.43 bits per heavy atom. The van der Waals surface area contributed by atoms with E-state index in [4.69, 9.17) is 0 Å². The molecule has 1 fully saturated rings. The quantitative estimate of drug-likeness (QED) is 0.838. The molecule has 0 unspecified atom stereocenters. The van der Waals surface area contributed by atoms with E-state index in [0.717, 1.165) is 31.5 Å². The predicted octanol–water partition coefficient (Wildman–Crippen LogP) is 2.58. The Bertz CT molecular complexity index is 581. The third kappa shape index (κ3) is 4.48. The largest absolute Gasteiger partial charge is 0.302 e. The molecule has 0 bridgehead atoms. The lowest BCUT2D eigenvalue weighted by Gasteiger charge is -2.32. The van der Waals surface area contributed by atoms with Gasteiger partial charge < -0.3 is 4.90 Å². The van der Waals surface area contributed by atoms with E-state index in [1.54, 1.807) is 13.0 Å². The van der Waals surface area contributed by atoms with Gasteiger partial charge in [0.1, 0.15) is 0 Å². The molecular formula is C15H21F2NO2S. The van der Waals surface area contributed by atoms with Crippen LogP contribution >= 0.6 is 0 Å². The second-order valence-corrected chi connectivity index (χ2v) is 8.00. The minimum atomic E-state index is -2.93. The smallest absolute Gasteiger partial charge is 0.159 e. The zero-order valence-electron chi connectivity index (χ0n) is 12.2. The van der Waals surface area contributed by atoms with Crippen LogP contribution in [0.25, 0.3) is 0 Å². The number of nitrogens with zero attached hydrogens (tertiary/aromatic N) is 1. The first-order valence-corrected chi connectivity index (χ1v) is 9.11. The minimum Gasteiger partial charge on any atom is -0.302 e. The number of sulfone groups is 1. The molecule has 1 saturated heterocycles. The summed E-state index contributed by atoms with van der Waals surface area (Å²) in [5.74, 6) is -1.03. The van der Waals surface area contributed by atoms with Crippen molar-refractivity contribution in [3.05, 3.63) is 35.4 Å². The van der Waals surface area contributed by atoms with Crippen LogP contribution in [0.3, 0.4) is 0 Å². The molecule has 0 spiro atoms. The van der Waals surface area contributed by atoms with Crippen molar-refractivity contribution >= 4 is 9.84 Å². The van der Waals surface area contributed by atoms with E-state index < -0.39 is 21.5 Å². The molecule has 0 atom stereocenters. The van der Waals surface area contributed by atoms with Crippen molar-refractivity contribution in [2.45, 2.75) is 25.7 Å². The maximum atomic E-state index is 13.2. The molecule has 0 saturated carbocycles. The van der Waals surface area contributed by atoms with Gasteiger partial charge in [-0.15, -0.1) is 0 Å². The van der Waals surface area contributed by atoms with Crippen molar-refractivity contribution in [3.63, 3.8) is 0 Å². The summed E-state index contributed by atoms with van der Waals surface area (Å²) in [6.45, 7) is 3.80. The van der Waals surface area contributed by atoms with Gasteiger partial charge in [-0.05, 0) is 49.5 Å². The molecule has 21 heavy (non-hydrogen) atoms. The van der Waals surface area contributed by atoms with Crippen LogP contribution in [0, 0.1) is 11.6 Å². The first-order valence-electron chi connectivity index (χ1n) is 7.29. The summed E-state index contributed by atoms with van der Waals surface area (Å²) in [6.07, 6.45) is 1.69. The molecule has 1 aromatic rings. The topological polar surface area (TPSA) is 37.4 Å². The number of hydrogen-bond donors (Lipinski definition) is 0. The highest BCUT2D eigenvalue weighted by atomic mass is 32.2. The summed E-state index contributed by atoms with van der Waals surface area (Å²) in [5.41, 5.74) is 0.828. The molecule has 1 aliphatic rings. The molecule has 2 rings (SSSR count). The van der Waals surface area contributed by atoms with Gasteiger partial charge in [0.05, 0.1) is 5.75 Å². The van der Waals surface area contributed by atoms with Crippen LogP contribution in [0.5, 0.6) is 0 Å². The van der Waals surface area contributed by atoms with E-state index in [2.05, 4.69) is 4.90 Å². The Kier molecular flexibility index (Phi) is 5.32. The molecular weight excluding hydrogens is 296 g/mol. The van der Waals surface area contributed by atoms with Crippen molar-refractivity contribution in [2.75, 3.05) is 31.1 Å². The van der Waals surface area contributed by atoms with Crippen LogP contribution in [-0.2, 0) is 9.84 Å². The fourth-order valence-corrected chi connectivity index (χ4v) is 3.49. The van der Waals surface area contributed by atoms with Gasteiger partial charge in [-0.1, -0.05) is 13.0 Å². The Morgan fingerprint density at radius 1 is 1.19 bits per heavy atom. The molecule has 1 aromatic carbocycles. The standard InChI is InChI=1S/C15H21F2NO2S/c1-2-21(19,20)10-9-18-7-5-12(6-8-18)13-3-4-14(16)15(17)11-13/h3-4,11-12H,2,5-10H2,1H3. The normalized spacial score (nSPS) is 18.0. The lowest BCUT2D eigenvalue weighted by Crippen LogP contribution is -2.36. The van der Waals surface area contributed by atoms with Crippen molar-refractivity contribution in [1.29, 1.82) is 0 Å². The van der Waals surface area contributed by atoms with Crippen molar-refractivity contribution in [2.24, 2.45) is 0 Å². The van der Waals surface area contributed by atoms with Crippen LogP contribution in [0.2, 0.25) is 0 Å². The van der Waals surface area contributed by atoms with E-state index >= 15 is 0 Å². The molecule has 0 radical (unpaired) electrons. The predicted molar refractivity (Wildman–Crippen MR) is 79.1 cm³/mol. The van der Waals surface area contributed by atoms with Gasteiger partial charge in [0.25, 0.3) is 0 Å². The SMILES string of the molecule is CCS(=O)(=O)CCN1CCC(c2ccc(F)c(F)c2)CC1. The van der Waals surface area contributed by atoms with Gasteiger partial charge in [-0.3, -0.25) is 0 Å². The monoisotopic (exact) mass is 317 g/mol. The highest BCUT2D eigenvalue weighted by Gasteiger charge is 2.22. The zero-order chi connectivity index (χ0) is 15.5. The van der Waals surface area contributed by atoms with Gasteiger partial charge in [-0.25, -0.2) is 17.2 Å². The van der Waals surface area contributed by atoms with Gasteiger partial charge in [-0.2, -0.15) is 0 Å². The van der Waals surface area contributed by atoms with Gasteiger partial charge in [0, 0.05) is 12.3 Å². The molecule has 0 N–H and O–H groups in total. The van der Waals surface area contributed by atoms with Crippen molar-refractivity contribution in [1.82, 2.24) is 4.90 Å². The van der Waals surface area contributed by atoms with Gasteiger partial charge in [0.2, 0.25) is 0 Å². The van der Waals surface area contributed by atoms with E-state index in [0.29, 0.717) is 6.54 Å². The average molecular weight is 317 g/mol. The Hall–Kier alpha value is -1.01. The summed E-state index contributed by atoms with van der Waals surface area (Å²) in [6, 6.07) is 4.09. The maximum Gasteiger partial charge on any atom is 0.159 e. The van der Waals surface area contributed by atoms with Gasteiger partial charge in [0.15, 0.2) is 21.5 Å². The maximum absolute atomic E-state index is 13.2. The lowest BCUT2D eigenvalue weighted by molar-refractivity contribution is 0.223. The summed E-state index contributed by atoms with van der Waals surface area (Å²) >= 11 is 0. The summed E-state index contributed by atoms with van der Waals surface area (Å²) in [5, 5.41) is 0. The second kappa shape index (κ2) is 6.83. The summed E-state index contributed by atoms with van der Waals surface area (Å²) in [4.78, 5) is 2.13. The molecule has 0 aromatic heterocycles. The third-order valence-corrected chi connectivity index (χ3v) is 5.85. The Balaban J connectivity index is 1.87. The number of rotatable bonds is 5. The Morgan fingerprint density at radius 2 is 1.86 bits per heavy atom. The highest BCUT2D eigenvalue weighted by Crippen LogP contribution is 2.28. The summed E-state index contributed by atoms with van der Waals surface area (Å²) < 4.78 is 49.2. The first kappa shape index (κ1) is 16.4. The molecule has 0 amide bonds. The van der Waals surface area contributed by atoms with E-state index in [1.165, 1.54) is 12.1 Å². The Labute approximate surface area is 124 Å². The van der Waals surface area contributed by atoms with Crippen LogP contribution in [0.15, 0.2) is 18.2 Å². The summed E-state index contributed by atoms with van der Waals surface area (Å²) in [7, 11) is -2.93. The fourth-order valence-electron chi connectivity index (χ4n) is 2.67. The van der Waals surface area contributed by atoms with Crippen molar-refractivity contribution in [3.8, 4) is 0 Å². The lowest BCUT2D eigenvalue weighted by atomic mass is 9.89. The molecule has 1 aliphatic heterocycles. The van der Waals surface area contributed by atoms with Crippen LogP contribution in [-0.4, -0.2) is 44.5 Å². The number of piperidine rings is 1. The fraction of sp³-hybridized carbons (Fsp3) is 0.600. The molecule has 3 nitrogen and oxygen atoms in total. The van der Waals surface area contributed by atoms with Crippen LogP contribution in [0.1, 0.15) is 31.2 Å². The number of benzene rings is 1. The molecule has 0 aliphatic carbocycles. The second-order valence-electron chi connectivity index (χ2n) is 5.53. The van der Waals surface area contributed by atoms with Gasteiger partial charge >= 0.3 is 0 Å². The third-order valence-electron chi connectivity index (χ3n) is 4.16. The van der Waals surface area contributed by atoms with Crippen LogP contribution in [0.4, 0.5) is 8.78 Å². The van der Waals surface area contributed by atoms with Crippen molar-refractivity contribution < 1.29 is 17.2 Å². The highest BCUT2D eigenvalue weighted by molar-refractivity contribution is 7.91. The number of likely N-dealkylation sites (tertiary alicyclic amines) is 1. The van der Waals surface area contributed by atoms with E-state index in [1.807, 2.05) is 0 Å². The number of hydrogen-bond acceptors (Lipinski definition) is 3. The van der Waals surface area contributed by atoms with E-state index in [9.17, 15) is 17.2 Å². The van der Waals surface area contributed by atoms with E-state index in [-0.39, 0.29) is 17.4 Å². The zero-order valence-corrected chi connectivity index (χ0v) is 13.0. The average Bonchev–Trinajstić information content (AvgIpc) is 2.49. The molecule has 6 heteroatoms. The molecule has 1 heterocycles. The first-order chi connectivity index (χ1) is 9.91. The number of halogens is 2. The molecule has 118 valence electrons. The minimum absolute atomic E-state index is 0.179.